The van der Waals surface area contributed by atoms with Gasteiger partial charge < -0.3 is 14.8 Å². The zero-order chi connectivity index (χ0) is 15.2. The van der Waals surface area contributed by atoms with Crippen molar-refractivity contribution in [2.75, 3.05) is 14.1 Å². The monoisotopic (exact) mass is 348 g/mol. The molecule has 1 heterocycles. The van der Waals surface area contributed by atoms with Crippen LogP contribution in [0, 0.1) is 0 Å². The van der Waals surface area contributed by atoms with Crippen molar-refractivity contribution in [1.29, 1.82) is 0 Å². The van der Waals surface area contributed by atoms with Crippen molar-refractivity contribution in [2.24, 2.45) is 12.0 Å². The minimum absolute atomic E-state index is 0.754. The molecule has 0 amide bonds. The first-order valence-electron chi connectivity index (χ1n) is 6.86. The third-order valence-electron chi connectivity index (χ3n) is 3.36. The van der Waals surface area contributed by atoms with Crippen LogP contribution in [-0.2, 0) is 20.1 Å². The summed E-state index contributed by atoms with van der Waals surface area (Å²) in [6.07, 6.45) is 2.06. The molecule has 0 saturated heterocycles. The molecule has 0 spiro atoms. The van der Waals surface area contributed by atoms with Crippen LogP contribution in [0.3, 0.4) is 0 Å². The first kappa shape index (κ1) is 15.6. The number of hydrogen-bond donors (Lipinski definition) is 1. The molecule has 0 aliphatic heterocycles. The fourth-order valence-corrected chi connectivity index (χ4v) is 2.64. The maximum atomic E-state index is 4.35. The first-order valence-corrected chi connectivity index (χ1v) is 7.66. The second-order valence-corrected chi connectivity index (χ2v) is 5.91. The molecule has 1 aromatic heterocycles. The maximum absolute atomic E-state index is 4.35. The number of nitrogens with zero attached hydrogens (tertiary/aromatic N) is 3. The SMILES string of the molecule is CN=C(NCc1cccc(Br)c1)N(C)Cc1cccn1C. The van der Waals surface area contributed by atoms with Crippen molar-refractivity contribution in [3.63, 3.8) is 0 Å². The van der Waals surface area contributed by atoms with Crippen molar-refractivity contribution in [1.82, 2.24) is 14.8 Å². The molecule has 0 aliphatic rings. The smallest absolute Gasteiger partial charge is 0.194 e. The Hall–Kier alpha value is -1.75. The van der Waals surface area contributed by atoms with Crippen LogP contribution < -0.4 is 5.32 Å². The summed E-state index contributed by atoms with van der Waals surface area (Å²) in [6.45, 7) is 1.57. The van der Waals surface area contributed by atoms with Crippen molar-refractivity contribution in [3.8, 4) is 0 Å². The molecule has 0 unspecified atom stereocenters. The highest BCUT2D eigenvalue weighted by molar-refractivity contribution is 9.10. The Morgan fingerprint density at radius 3 is 2.76 bits per heavy atom. The van der Waals surface area contributed by atoms with E-state index >= 15 is 0 Å². The Bertz CT molecular complexity index is 618. The van der Waals surface area contributed by atoms with E-state index in [9.17, 15) is 0 Å². The van der Waals surface area contributed by atoms with Gasteiger partial charge in [-0.1, -0.05) is 28.1 Å². The van der Waals surface area contributed by atoms with Crippen LogP contribution in [0.4, 0.5) is 0 Å². The lowest BCUT2D eigenvalue weighted by Crippen LogP contribution is -2.38. The quantitative estimate of drug-likeness (QED) is 0.680. The largest absolute Gasteiger partial charge is 0.353 e. The van der Waals surface area contributed by atoms with E-state index in [-0.39, 0.29) is 0 Å². The fourth-order valence-electron chi connectivity index (χ4n) is 2.19. The highest BCUT2D eigenvalue weighted by Crippen LogP contribution is 2.11. The topological polar surface area (TPSA) is 32.6 Å². The van der Waals surface area contributed by atoms with Gasteiger partial charge in [-0.25, -0.2) is 0 Å². The molecule has 5 heteroatoms. The molecular formula is C16H21BrN4. The molecule has 0 atom stereocenters. The number of hydrogen-bond acceptors (Lipinski definition) is 1. The van der Waals surface area contributed by atoms with Crippen LogP contribution in [0.15, 0.2) is 52.1 Å². The summed E-state index contributed by atoms with van der Waals surface area (Å²) in [5, 5.41) is 3.39. The molecule has 2 rings (SSSR count). The molecule has 112 valence electrons. The zero-order valence-corrected chi connectivity index (χ0v) is 14.3. The number of benzene rings is 1. The number of aryl methyl sites for hydroxylation is 1. The van der Waals surface area contributed by atoms with Crippen LogP contribution in [0.1, 0.15) is 11.3 Å². The van der Waals surface area contributed by atoms with Gasteiger partial charge in [0.2, 0.25) is 0 Å². The average Bonchev–Trinajstić information content (AvgIpc) is 2.85. The van der Waals surface area contributed by atoms with E-state index in [2.05, 4.69) is 73.2 Å². The summed E-state index contributed by atoms with van der Waals surface area (Å²) < 4.78 is 3.21. The average molecular weight is 349 g/mol. The molecule has 0 bridgehead atoms. The highest BCUT2D eigenvalue weighted by atomic mass is 79.9. The Labute approximate surface area is 134 Å². The van der Waals surface area contributed by atoms with Gasteiger partial charge >= 0.3 is 0 Å². The van der Waals surface area contributed by atoms with E-state index in [1.165, 1.54) is 11.3 Å². The van der Waals surface area contributed by atoms with Gasteiger partial charge in [0.05, 0.1) is 6.54 Å². The van der Waals surface area contributed by atoms with Crippen molar-refractivity contribution in [2.45, 2.75) is 13.1 Å². The Morgan fingerprint density at radius 2 is 2.14 bits per heavy atom. The Morgan fingerprint density at radius 1 is 1.33 bits per heavy atom. The molecule has 1 aromatic carbocycles. The van der Waals surface area contributed by atoms with Crippen LogP contribution in [-0.4, -0.2) is 29.5 Å². The van der Waals surface area contributed by atoms with Crippen LogP contribution >= 0.6 is 15.9 Å². The molecule has 1 N–H and O–H groups in total. The van der Waals surface area contributed by atoms with E-state index < -0.39 is 0 Å². The summed E-state index contributed by atoms with van der Waals surface area (Å²) in [4.78, 5) is 6.46. The second kappa shape index (κ2) is 7.31. The summed E-state index contributed by atoms with van der Waals surface area (Å²) in [6, 6.07) is 12.5. The Balaban J connectivity index is 1.95. The fraction of sp³-hybridized carbons (Fsp3) is 0.312. The summed E-state index contributed by atoms with van der Waals surface area (Å²) >= 11 is 3.49. The van der Waals surface area contributed by atoms with Crippen molar-refractivity contribution in [3.05, 3.63) is 58.3 Å². The summed E-state index contributed by atoms with van der Waals surface area (Å²) in [5.41, 5.74) is 2.47. The molecule has 0 saturated carbocycles. The highest BCUT2D eigenvalue weighted by Gasteiger charge is 2.08. The lowest BCUT2D eigenvalue weighted by molar-refractivity contribution is 0.461. The normalized spacial score (nSPS) is 11.5. The molecule has 0 aliphatic carbocycles. The Kier molecular flexibility index (Phi) is 5.44. The van der Waals surface area contributed by atoms with E-state index in [0.29, 0.717) is 0 Å². The molecule has 21 heavy (non-hydrogen) atoms. The lowest BCUT2D eigenvalue weighted by Gasteiger charge is -2.22. The number of halogens is 1. The van der Waals surface area contributed by atoms with Gasteiger partial charge in [0.15, 0.2) is 5.96 Å². The van der Waals surface area contributed by atoms with Gasteiger partial charge in [-0.3, -0.25) is 4.99 Å². The van der Waals surface area contributed by atoms with Gasteiger partial charge in [0.25, 0.3) is 0 Å². The number of nitrogens with one attached hydrogen (secondary N) is 1. The van der Waals surface area contributed by atoms with Crippen LogP contribution in [0.25, 0.3) is 0 Å². The van der Waals surface area contributed by atoms with Crippen LogP contribution in [0.2, 0.25) is 0 Å². The minimum Gasteiger partial charge on any atom is -0.353 e. The molecule has 4 nitrogen and oxygen atoms in total. The molecule has 2 aromatic rings. The van der Waals surface area contributed by atoms with Gasteiger partial charge in [-0.2, -0.15) is 0 Å². The van der Waals surface area contributed by atoms with Gasteiger partial charge in [-0.15, -0.1) is 0 Å². The standard InChI is InChI=1S/C16H21BrN4/c1-18-16(19-11-13-6-4-7-14(17)10-13)21(3)12-15-8-5-9-20(15)2/h4-10H,11-12H2,1-3H3,(H,18,19). The second-order valence-electron chi connectivity index (χ2n) is 5.00. The van der Waals surface area contributed by atoms with Crippen molar-refractivity contribution >= 4 is 21.9 Å². The van der Waals surface area contributed by atoms with E-state index in [1.807, 2.05) is 26.2 Å². The predicted molar refractivity (Wildman–Crippen MR) is 91.2 cm³/mol. The summed E-state index contributed by atoms with van der Waals surface area (Å²) in [5.74, 6) is 0.885. The third-order valence-corrected chi connectivity index (χ3v) is 3.86. The van der Waals surface area contributed by atoms with E-state index in [4.69, 9.17) is 0 Å². The van der Waals surface area contributed by atoms with Gasteiger partial charge in [0, 0.05) is 44.1 Å². The summed E-state index contributed by atoms with van der Waals surface area (Å²) in [7, 11) is 5.91. The maximum Gasteiger partial charge on any atom is 0.194 e. The van der Waals surface area contributed by atoms with E-state index in [1.54, 1.807) is 0 Å². The zero-order valence-electron chi connectivity index (χ0n) is 12.7. The van der Waals surface area contributed by atoms with Crippen molar-refractivity contribution < 1.29 is 0 Å². The van der Waals surface area contributed by atoms with E-state index in [0.717, 1.165) is 23.5 Å². The predicted octanol–water partition coefficient (Wildman–Crippen LogP) is 3.00. The number of rotatable bonds is 4. The molecular weight excluding hydrogens is 328 g/mol. The van der Waals surface area contributed by atoms with Gasteiger partial charge in [-0.05, 0) is 29.8 Å². The third kappa shape index (κ3) is 4.36. The van der Waals surface area contributed by atoms with Gasteiger partial charge in [0.1, 0.15) is 0 Å². The molecule has 0 fully saturated rings. The number of aliphatic imine (C=N–C) groups is 1. The number of aromatic nitrogens is 1. The first-order chi connectivity index (χ1) is 10.1. The minimum atomic E-state index is 0.754. The van der Waals surface area contributed by atoms with Crippen LogP contribution in [0.5, 0.6) is 0 Å². The molecule has 0 radical (unpaired) electrons. The lowest BCUT2D eigenvalue weighted by atomic mass is 10.2. The number of guanidine groups is 1.